The van der Waals surface area contributed by atoms with Crippen LogP contribution >= 0.6 is 0 Å². The molecule has 6 nitrogen and oxygen atoms in total. The van der Waals surface area contributed by atoms with Crippen molar-refractivity contribution in [3.63, 3.8) is 0 Å². The second kappa shape index (κ2) is 5.46. The van der Waals surface area contributed by atoms with Crippen molar-refractivity contribution in [2.24, 2.45) is 5.92 Å². The molecule has 6 heteroatoms. The molecule has 2 amide bonds. The first-order valence-corrected chi connectivity index (χ1v) is 6.68. The minimum atomic E-state index is -0.580. The minimum Gasteiger partial charge on any atom is -0.368 e. The Labute approximate surface area is 113 Å². The van der Waals surface area contributed by atoms with Gasteiger partial charge in [-0.3, -0.25) is 9.59 Å². The largest absolute Gasteiger partial charge is 0.368 e. The van der Waals surface area contributed by atoms with Crippen LogP contribution in [0.15, 0.2) is 0 Å². The van der Waals surface area contributed by atoms with Crippen LogP contribution in [0.1, 0.15) is 13.8 Å². The van der Waals surface area contributed by atoms with E-state index in [0.29, 0.717) is 32.8 Å². The fourth-order valence-electron chi connectivity index (χ4n) is 2.58. The first-order valence-electron chi connectivity index (χ1n) is 6.68. The predicted molar refractivity (Wildman–Crippen MR) is 68.6 cm³/mol. The molecule has 108 valence electrons. The van der Waals surface area contributed by atoms with Gasteiger partial charge in [-0.1, -0.05) is 13.8 Å². The smallest absolute Gasteiger partial charge is 0.248 e. The van der Waals surface area contributed by atoms with Gasteiger partial charge >= 0.3 is 0 Å². The zero-order valence-electron chi connectivity index (χ0n) is 11.8. The topological polar surface area (TPSA) is 59.1 Å². The maximum atomic E-state index is 12.1. The van der Waals surface area contributed by atoms with E-state index in [9.17, 15) is 9.59 Å². The Hall–Kier alpha value is -1.14. The van der Waals surface area contributed by atoms with Crippen molar-refractivity contribution in [3.05, 3.63) is 0 Å². The fraction of sp³-hybridized carbons (Fsp3) is 0.846. The highest BCUT2D eigenvalue weighted by Gasteiger charge is 2.42. The van der Waals surface area contributed by atoms with Crippen LogP contribution in [0.2, 0.25) is 0 Å². The van der Waals surface area contributed by atoms with Gasteiger partial charge in [0.15, 0.2) is 0 Å². The summed E-state index contributed by atoms with van der Waals surface area (Å²) in [4.78, 5) is 27.2. The van der Waals surface area contributed by atoms with Gasteiger partial charge in [-0.25, -0.2) is 0 Å². The summed E-state index contributed by atoms with van der Waals surface area (Å²) in [7, 11) is 1.74. The molecule has 1 atom stereocenters. The Balaban J connectivity index is 2.10. The van der Waals surface area contributed by atoms with Crippen molar-refractivity contribution in [1.29, 1.82) is 0 Å². The lowest BCUT2D eigenvalue weighted by molar-refractivity contribution is -0.163. The minimum absolute atomic E-state index is 0.0267. The van der Waals surface area contributed by atoms with Crippen LogP contribution in [0.4, 0.5) is 0 Å². The molecule has 1 unspecified atom stereocenters. The Morgan fingerprint density at radius 2 is 2.11 bits per heavy atom. The van der Waals surface area contributed by atoms with Crippen LogP contribution in [0.5, 0.6) is 0 Å². The molecule has 2 saturated heterocycles. The fourth-order valence-corrected chi connectivity index (χ4v) is 2.58. The Morgan fingerprint density at radius 1 is 1.37 bits per heavy atom. The summed E-state index contributed by atoms with van der Waals surface area (Å²) in [6, 6.07) is 0. The molecule has 1 spiro atoms. The molecule has 2 heterocycles. The van der Waals surface area contributed by atoms with Crippen molar-refractivity contribution in [1.82, 2.24) is 9.80 Å². The molecule has 0 saturated carbocycles. The molecule has 0 aromatic rings. The third-order valence-electron chi connectivity index (χ3n) is 3.60. The summed E-state index contributed by atoms with van der Waals surface area (Å²) in [6.07, 6.45) is 0. The molecule has 0 aromatic heterocycles. The number of amides is 2. The summed E-state index contributed by atoms with van der Waals surface area (Å²) in [6.45, 7) is 6.27. The molecular weight excluding hydrogens is 248 g/mol. The highest BCUT2D eigenvalue weighted by atomic mass is 16.5. The number of carbonyl (C=O) groups excluding carboxylic acids is 2. The van der Waals surface area contributed by atoms with Crippen molar-refractivity contribution >= 4 is 11.8 Å². The molecule has 2 aliphatic heterocycles. The standard InChI is InChI=1S/C13H22N2O4/c1-10(2)12(17)15-4-5-19-13(8-15)7-14(3)11(16)6-18-9-13/h10H,4-9H2,1-3H3. The first-order chi connectivity index (χ1) is 8.93. The quantitative estimate of drug-likeness (QED) is 0.658. The number of rotatable bonds is 1. The molecule has 0 aromatic carbocycles. The van der Waals surface area contributed by atoms with Crippen LogP contribution in [0.3, 0.4) is 0 Å². The number of nitrogens with zero attached hydrogens (tertiary/aromatic N) is 2. The Morgan fingerprint density at radius 3 is 2.79 bits per heavy atom. The average Bonchev–Trinajstić information content (AvgIpc) is 2.49. The van der Waals surface area contributed by atoms with Gasteiger partial charge in [0, 0.05) is 19.5 Å². The Kier molecular flexibility index (Phi) is 4.10. The van der Waals surface area contributed by atoms with Gasteiger partial charge in [0.2, 0.25) is 11.8 Å². The zero-order valence-corrected chi connectivity index (χ0v) is 11.8. The average molecular weight is 270 g/mol. The van der Waals surface area contributed by atoms with Gasteiger partial charge in [-0.05, 0) is 0 Å². The maximum absolute atomic E-state index is 12.1. The van der Waals surface area contributed by atoms with Crippen molar-refractivity contribution < 1.29 is 19.1 Å². The molecular formula is C13H22N2O4. The van der Waals surface area contributed by atoms with Crippen LogP contribution in [-0.4, -0.2) is 73.7 Å². The summed E-state index contributed by atoms with van der Waals surface area (Å²) in [5, 5.41) is 0. The lowest BCUT2D eigenvalue weighted by Gasteiger charge is -2.43. The SMILES string of the molecule is CC(C)C(=O)N1CCOC2(COCC(=O)N(C)C2)C1. The first kappa shape index (κ1) is 14.3. The van der Waals surface area contributed by atoms with Gasteiger partial charge in [-0.15, -0.1) is 0 Å². The van der Waals surface area contributed by atoms with Gasteiger partial charge in [0.05, 0.1) is 26.3 Å². The third kappa shape index (κ3) is 3.06. The second-order valence-electron chi connectivity index (χ2n) is 5.69. The van der Waals surface area contributed by atoms with E-state index in [1.165, 1.54) is 0 Å². The molecule has 0 radical (unpaired) electrons. The van der Waals surface area contributed by atoms with E-state index >= 15 is 0 Å². The predicted octanol–water partition coefficient (Wildman–Crippen LogP) is -0.271. The van der Waals surface area contributed by atoms with Gasteiger partial charge < -0.3 is 19.3 Å². The van der Waals surface area contributed by atoms with E-state index in [1.54, 1.807) is 11.9 Å². The van der Waals surface area contributed by atoms with Crippen LogP contribution in [-0.2, 0) is 19.1 Å². The van der Waals surface area contributed by atoms with E-state index in [2.05, 4.69) is 0 Å². The van der Waals surface area contributed by atoms with E-state index in [-0.39, 0.29) is 24.3 Å². The lowest BCUT2D eigenvalue weighted by Crippen LogP contribution is -2.60. The van der Waals surface area contributed by atoms with Gasteiger partial charge in [-0.2, -0.15) is 0 Å². The number of hydrogen-bond donors (Lipinski definition) is 0. The molecule has 2 fully saturated rings. The lowest BCUT2D eigenvalue weighted by atomic mass is 10.0. The molecule has 2 rings (SSSR count). The number of morpholine rings is 1. The molecule has 0 bridgehead atoms. The van der Waals surface area contributed by atoms with Gasteiger partial charge in [0.1, 0.15) is 12.2 Å². The van der Waals surface area contributed by atoms with E-state index in [4.69, 9.17) is 9.47 Å². The number of carbonyl (C=O) groups is 2. The third-order valence-corrected chi connectivity index (χ3v) is 3.60. The normalized spacial score (nSPS) is 28.9. The van der Waals surface area contributed by atoms with Crippen LogP contribution < -0.4 is 0 Å². The monoisotopic (exact) mass is 270 g/mol. The van der Waals surface area contributed by atoms with E-state index in [1.807, 2.05) is 18.7 Å². The molecule has 0 N–H and O–H groups in total. The Bertz CT molecular complexity index is 372. The number of ether oxygens (including phenoxy) is 2. The van der Waals surface area contributed by atoms with E-state index in [0.717, 1.165) is 0 Å². The van der Waals surface area contributed by atoms with E-state index < -0.39 is 5.60 Å². The van der Waals surface area contributed by atoms with Crippen molar-refractivity contribution in [2.75, 3.05) is 46.5 Å². The maximum Gasteiger partial charge on any atom is 0.248 e. The van der Waals surface area contributed by atoms with Crippen LogP contribution in [0, 0.1) is 5.92 Å². The zero-order chi connectivity index (χ0) is 14.0. The highest BCUT2D eigenvalue weighted by molar-refractivity contribution is 5.79. The highest BCUT2D eigenvalue weighted by Crippen LogP contribution is 2.23. The second-order valence-corrected chi connectivity index (χ2v) is 5.69. The molecule has 19 heavy (non-hydrogen) atoms. The number of hydrogen-bond acceptors (Lipinski definition) is 4. The summed E-state index contributed by atoms with van der Waals surface area (Å²) in [5.41, 5.74) is -0.580. The van der Waals surface area contributed by atoms with Crippen molar-refractivity contribution in [2.45, 2.75) is 19.4 Å². The summed E-state index contributed by atoms with van der Waals surface area (Å²) in [5.74, 6) is 0.0508. The molecule has 2 aliphatic rings. The van der Waals surface area contributed by atoms with Crippen LogP contribution in [0.25, 0.3) is 0 Å². The summed E-state index contributed by atoms with van der Waals surface area (Å²) < 4.78 is 11.3. The van der Waals surface area contributed by atoms with Gasteiger partial charge in [0.25, 0.3) is 0 Å². The number of likely N-dealkylation sites (N-methyl/N-ethyl adjacent to an activating group) is 1. The summed E-state index contributed by atoms with van der Waals surface area (Å²) >= 11 is 0. The molecule has 0 aliphatic carbocycles. The van der Waals surface area contributed by atoms with Crippen molar-refractivity contribution in [3.8, 4) is 0 Å².